The fourth-order valence-corrected chi connectivity index (χ4v) is 3.37. The second-order valence-corrected chi connectivity index (χ2v) is 6.01. The molecule has 0 fully saturated rings. The van der Waals surface area contributed by atoms with Gasteiger partial charge in [-0.25, -0.2) is 0 Å². The molecule has 0 unspecified atom stereocenters. The van der Waals surface area contributed by atoms with E-state index in [0.717, 1.165) is 23.9 Å². The van der Waals surface area contributed by atoms with Crippen LogP contribution in [0.4, 0.5) is 5.69 Å². The molecular weight excluding hydrogens is 294 g/mol. The molecule has 1 N–H and O–H groups in total. The van der Waals surface area contributed by atoms with Gasteiger partial charge in [0, 0.05) is 21.7 Å². The van der Waals surface area contributed by atoms with Gasteiger partial charge < -0.3 is 5.32 Å². The summed E-state index contributed by atoms with van der Waals surface area (Å²) in [4.78, 5) is 12.4. The van der Waals surface area contributed by atoms with Gasteiger partial charge in [0.15, 0.2) is 0 Å². The molecule has 1 aliphatic carbocycles. The summed E-state index contributed by atoms with van der Waals surface area (Å²) in [7, 11) is 0. The zero-order valence-electron chi connectivity index (χ0n) is 11.9. The summed E-state index contributed by atoms with van der Waals surface area (Å²) in [5.74, 6) is -0.138. The molecule has 0 bridgehead atoms. The maximum atomic E-state index is 12.4. The number of halogens is 1. The Morgan fingerprint density at radius 2 is 1.73 bits per heavy atom. The van der Waals surface area contributed by atoms with E-state index in [1.165, 1.54) is 16.5 Å². The van der Waals surface area contributed by atoms with Gasteiger partial charge in [0.2, 0.25) is 0 Å². The van der Waals surface area contributed by atoms with E-state index in [1.807, 2.05) is 6.07 Å². The SMILES string of the molecule is O=C(Nc1ccc2c3c(cccc13)CC2)c1cccc(Cl)c1. The molecule has 0 aromatic heterocycles. The molecule has 108 valence electrons. The number of rotatable bonds is 2. The average molecular weight is 308 g/mol. The molecule has 1 aliphatic rings. The molecule has 2 nitrogen and oxygen atoms in total. The van der Waals surface area contributed by atoms with Gasteiger partial charge in [-0.1, -0.05) is 41.9 Å². The van der Waals surface area contributed by atoms with Crippen LogP contribution in [0.25, 0.3) is 10.8 Å². The maximum absolute atomic E-state index is 12.4. The van der Waals surface area contributed by atoms with Gasteiger partial charge in [-0.2, -0.15) is 0 Å². The van der Waals surface area contributed by atoms with E-state index in [4.69, 9.17) is 11.6 Å². The van der Waals surface area contributed by atoms with E-state index in [9.17, 15) is 4.79 Å². The van der Waals surface area contributed by atoms with Crippen LogP contribution in [0.1, 0.15) is 21.5 Å². The number of anilines is 1. The Balaban J connectivity index is 1.75. The molecule has 3 heteroatoms. The fraction of sp³-hybridized carbons (Fsp3) is 0.105. The monoisotopic (exact) mass is 307 g/mol. The van der Waals surface area contributed by atoms with Crippen molar-refractivity contribution in [1.82, 2.24) is 0 Å². The van der Waals surface area contributed by atoms with Crippen LogP contribution >= 0.6 is 11.6 Å². The maximum Gasteiger partial charge on any atom is 0.255 e. The highest BCUT2D eigenvalue weighted by Crippen LogP contribution is 2.35. The predicted molar refractivity (Wildman–Crippen MR) is 90.8 cm³/mol. The summed E-state index contributed by atoms with van der Waals surface area (Å²) in [6.45, 7) is 0. The Morgan fingerprint density at radius 1 is 0.955 bits per heavy atom. The first-order valence-corrected chi connectivity index (χ1v) is 7.70. The van der Waals surface area contributed by atoms with Gasteiger partial charge in [0.05, 0.1) is 0 Å². The standard InChI is InChI=1S/C19H14ClNO/c20-15-5-1-4-14(11-15)19(22)21-17-10-9-13-8-7-12-3-2-6-16(17)18(12)13/h1-6,9-11H,7-8H2,(H,21,22). The number of nitrogens with one attached hydrogen (secondary N) is 1. The van der Waals surface area contributed by atoms with Crippen molar-refractivity contribution in [3.05, 3.63) is 76.3 Å². The number of carbonyl (C=O) groups is 1. The molecule has 0 spiro atoms. The number of aryl methyl sites for hydroxylation is 2. The van der Waals surface area contributed by atoms with Crippen molar-refractivity contribution in [2.75, 3.05) is 5.32 Å². The van der Waals surface area contributed by atoms with Crippen molar-refractivity contribution >= 4 is 34.0 Å². The molecule has 4 rings (SSSR count). The lowest BCUT2D eigenvalue weighted by Gasteiger charge is -2.11. The lowest BCUT2D eigenvalue weighted by Crippen LogP contribution is -2.12. The van der Waals surface area contributed by atoms with Crippen LogP contribution in [0, 0.1) is 0 Å². The van der Waals surface area contributed by atoms with Gasteiger partial charge in [-0.3, -0.25) is 4.79 Å². The van der Waals surface area contributed by atoms with E-state index in [-0.39, 0.29) is 5.91 Å². The van der Waals surface area contributed by atoms with Gasteiger partial charge in [0.1, 0.15) is 0 Å². The first-order chi connectivity index (χ1) is 10.7. The molecule has 0 saturated carbocycles. The van der Waals surface area contributed by atoms with Gasteiger partial charge >= 0.3 is 0 Å². The van der Waals surface area contributed by atoms with Crippen LogP contribution in [0.3, 0.4) is 0 Å². The Morgan fingerprint density at radius 3 is 2.55 bits per heavy atom. The quantitative estimate of drug-likeness (QED) is 0.721. The smallest absolute Gasteiger partial charge is 0.255 e. The summed E-state index contributed by atoms with van der Waals surface area (Å²) >= 11 is 5.96. The Labute approximate surface area is 133 Å². The van der Waals surface area contributed by atoms with Gasteiger partial charge in [-0.05, 0) is 53.6 Å². The summed E-state index contributed by atoms with van der Waals surface area (Å²) in [5, 5.41) is 5.99. The largest absolute Gasteiger partial charge is 0.321 e. The van der Waals surface area contributed by atoms with E-state index in [2.05, 4.69) is 29.6 Å². The second-order valence-electron chi connectivity index (χ2n) is 5.58. The Hall–Kier alpha value is -2.32. The normalized spacial score (nSPS) is 12.6. The molecule has 0 atom stereocenters. The molecule has 0 saturated heterocycles. The summed E-state index contributed by atoms with van der Waals surface area (Å²) in [6, 6.07) is 17.4. The van der Waals surface area contributed by atoms with Gasteiger partial charge in [0.25, 0.3) is 5.91 Å². The second kappa shape index (κ2) is 5.15. The number of hydrogen-bond donors (Lipinski definition) is 1. The minimum Gasteiger partial charge on any atom is -0.321 e. The third-order valence-electron chi connectivity index (χ3n) is 4.21. The van der Waals surface area contributed by atoms with Crippen LogP contribution < -0.4 is 5.32 Å². The fourth-order valence-electron chi connectivity index (χ4n) is 3.18. The molecule has 1 amide bonds. The topological polar surface area (TPSA) is 29.1 Å². The molecule has 3 aromatic rings. The number of hydrogen-bond acceptors (Lipinski definition) is 1. The van der Waals surface area contributed by atoms with E-state index < -0.39 is 0 Å². The highest BCUT2D eigenvalue weighted by atomic mass is 35.5. The number of carbonyl (C=O) groups excluding carboxylic acids is 1. The highest BCUT2D eigenvalue weighted by Gasteiger charge is 2.17. The van der Waals surface area contributed by atoms with Crippen LogP contribution in [0.2, 0.25) is 5.02 Å². The number of amides is 1. The lowest BCUT2D eigenvalue weighted by molar-refractivity contribution is 0.102. The van der Waals surface area contributed by atoms with Crippen molar-refractivity contribution in [2.45, 2.75) is 12.8 Å². The molecule has 0 radical (unpaired) electrons. The first-order valence-electron chi connectivity index (χ1n) is 7.33. The summed E-state index contributed by atoms with van der Waals surface area (Å²) in [6.07, 6.45) is 2.16. The van der Waals surface area contributed by atoms with Gasteiger partial charge in [-0.15, -0.1) is 0 Å². The van der Waals surface area contributed by atoms with E-state index in [0.29, 0.717) is 10.6 Å². The van der Waals surface area contributed by atoms with Crippen molar-refractivity contribution in [1.29, 1.82) is 0 Å². The lowest BCUT2D eigenvalue weighted by atomic mass is 10.0. The average Bonchev–Trinajstić information content (AvgIpc) is 2.95. The number of benzene rings is 3. The van der Waals surface area contributed by atoms with Crippen molar-refractivity contribution < 1.29 is 4.79 Å². The highest BCUT2D eigenvalue weighted by molar-refractivity contribution is 6.31. The summed E-state index contributed by atoms with van der Waals surface area (Å²) < 4.78 is 0. The molecule has 3 aromatic carbocycles. The molecule has 22 heavy (non-hydrogen) atoms. The van der Waals surface area contributed by atoms with Crippen molar-refractivity contribution in [3.63, 3.8) is 0 Å². The van der Waals surface area contributed by atoms with Crippen molar-refractivity contribution in [2.24, 2.45) is 0 Å². The van der Waals surface area contributed by atoms with Crippen LogP contribution in [-0.2, 0) is 12.8 Å². The molecule has 0 heterocycles. The Kier molecular flexibility index (Phi) is 3.12. The third-order valence-corrected chi connectivity index (χ3v) is 4.45. The van der Waals surface area contributed by atoms with Crippen LogP contribution in [0.15, 0.2) is 54.6 Å². The zero-order valence-corrected chi connectivity index (χ0v) is 12.7. The van der Waals surface area contributed by atoms with Crippen molar-refractivity contribution in [3.8, 4) is 0 Å². The zero-order chi connectivity index (χ0) is 15.1. The van der Waals surface area contributed by atoms with E-state index >= 15 is 0 Å². The predicted octanol–water partition coefficient (Wildman–Crippen LogP) is 4.84. The minimum absolute atomic E-state index is 0.138. The van der Waals surface area contributed by atoms with Crippen LogP contribution in [-0.4, -0.2) is 5.91 Å². The van der Waals surface area contributed by atoms with Crippen LogP contribution in [0.5, 0.6) is 0 Å². The molecule has 0 aliphatic heterocycles. The Bertz CT molecular complexity index is 891. The first kappa shape index (κ1) is 13.4. The third kappa shape index (κ3) is 2.16. The minimum atomic E-state index is -0.138. The van der Waals surface area contributed by atoms with E-state index in [1.54, 1.807) is 24.3 Å². The molecular formula is C19H14ClNO. The summed E-state index contributed by atoms with van der Waals surface area (Å²) in [5.41, 5.74) is 4.15.